The monoisotopic (exact) mass is 291 g/mol. The van der Waals surface area contributed by atoms with Crippen molar-refractivity contribution in [3.8, 4) is 0 Å². The molecule has 1 aliphatic heterocycles. The van der Waals surface area contributed by atoms with Crippen LogP contribution >= 0.6 is 0 Å². The molecule has 1 aliphatic rings. The number of amides is 1. The maximum Gasteiger partial charge on any atom is 0.237 e. The molecule has 1 aromatic rings. The first-order valence-corrected chi connectivity index (χ1v) is 7.50. The van der Waals surface area contributed by atoms with Gasteiger partial charge in [-0.2, -0.15) is 0 Å². The molecule has 1 aromatic carbocycles. The van der Waals surface area contributed by atoms with Gasteiger partial charge in [0.05, 0.1) is 6.04 Å². The van der Waals surface area contributed by atoms with E-state index in [9.17, 15) is 4.79 Å². The van der Waals surface area contributed by atoms with Crippen LogP contribution in [-0.2, 0) is 16.1 Å². The third-order valence-corrected chi connectivity index (χ3v) is 3.84. The Labute approximate surface area is 126 Å². The molecule has 5 nitrogen and oxygen atoms in total. The van der Waals surface area contributed by atoms with Crippen molar-refractivity contribution in [3.05, 3.63) is 35.9 Å². The number of nitrogens with two attached hydrogens (primary N) is 1. The van der Waals surface area contributed by atoms with E-state index in [0.717, 1.165) is 26.1 Å². The van der Waals surface area contributed by atoms with Gasteiger partial charge in [-0.25, -0.2) is 0 Å². The van der Waals surface area contributed by atoms with Crippen molar-refractivity contribution < 1.29 is 9.53 Å². The molecule has 0 bridgehead atoms. The van der Waals surface area contributed by atoms with Crippen LogP contribution in [0.25, 0.3) is 0 Å². The van der Waals surface area contributed by atoms with Crippen molar-refractivity contribution in [1.29, 1.82) is 0 Å². The van der Waals surface area contributed by atoms with Crippen LogP contribution in [0.4, 0.5) is 0 Å². The normalized spacial score (nSPS) is 20.4. The average Bonchev–Trinajstić information content (AvgIpc) is 2.92. The first-order chi connectivity index (χ1) is 10.2. The lowest BCUT2D eigenvalue weighted by Gasteiger charge is -2.18. The second kappa shape index (κ2) is 8.12. The van der Waals surface area contributed by atoms with Gasteiger partial charge in [-0.3, -0.25) is 9.69 Å². The molecule has 116 valence electrons. The molecule has 1 heterocycles. The Morgan fingerprint density at radius 2 is 2.24 bits per heavy atom. The molecule has 21 heavy (non-hydrogen) atoms. The van der Waals surface area contributed by atoms with Gasteiger partial charge in [0, 0.05) is 39.4 Å². The fraction of sp³-hybridized carbons (Fsp3) is 0.562. The first-order valence-electron chi connectivity index (χ1n) is 7.50. The summed E-state index contributed by atoms with van der Waals surface area (Å²) in [5.41, 5.74) is 7.14. The van der Waals surface area contributed by atoms with Crippen LogP contribution in [0, 0.1) is 0 Å². The predicted molar refractivity (Wildman–Crippen MR) is 82.7 cm³/mol. The van der Waals surface area contributed by atoms with Crippen LogP contribution in [0.1, 0.15) is 18.4 Å². The first kappa shape index (κ1) is 15.9. The van der Waals surface area contributed by atoms with Crippen LogP contribution in [0.5, 0.6) is 0 Å². The fourth-order valence-electron chi connectivity index (χ4n) is 2.62. The molecule has 0 aromatic heterocycles. The summed E-state index contributed by atoms with van der Waals surface area (Å²) in [4.78, 5) is 14.3. The lowest BCUT2D eigenvalue weighted by molar-refractivity contribution is -0.123. The highest BCUT2D eigenvalue weighted by atomic mass is 16.5. The van der Waals surface area contributed by atoms with E-state index in [2.05, 4.69) is 34.5 Å². The summed E-state index contributed by atoms with van der Waals surface area (Å²) < 4.78 is 4.95. The van der Waals surface area contributed by atoms with Crippen LogP contribution in [0.2, 0.25) is 0 Å². The minimum atomic E-state index is -0.479. The van der Waals surface area contributed by atoms with Crippen molar-refractivity contribution in [2.45, 2.75) is 31.5 Å². The Kier molecular flexibility index (Phi) is 6.17. The third-order valence-electron chi connectivity index (χ3n) is 3.84. The van der Waals surface area contributed by atoms with Crippen LogP contribution in [-0.4, -0.2) is 49.7 Å². The number of hydrogen-bond acceptors (Lipinski definition) is 4. The summed E-state index contributed by atoms with van der Waals surface area (Å²) in [6.45, 7) is 3.34. The van der Waals surface area contributed by atoms with Gasteiger partial charge in [0.15, 0.2) is 0 Å². The largest absolute Gasteiger partial charge is 0.385 e. The van der Waals surface area contributed by atoms with Gasteiger partial charge in [-0.15, -0.1) is 0 Å². The highest BCUT2D eigenvalue weighted by molar-refractivity contribution is 5.81. The van der Waals surface area contributed by atoms with Crippen LogP contribution in [0.3, 0.4) is 0 Å². The van der Waals surface area contributed by atoms with Gasteiger partial charge in [-0.1, -0.05) is 30.3 Å². The van der Waals surface area contributed by atoms with Gasteiger partial charge >= 0.3 is 0 Å². The van der Waals surface area contributed by atoms with Crippen LogP contribution < -0.4 is 11.1 Å². The zero-order chi connectivity index (χ0) is 15.1. The molecule has 0 spiro atoms. The molecule has 1 saturated heterocycles. The number of hydrogen-bond donors (Lipinski definition) is 2. The fourth-order valence-corrected chi connectivity index (χ4v) is 2.62. The van der Waals surface area contributed by atoms with Crippen molar-refractivity contribution >= 4 is 5.91 Å². The predicted octanol–water partition coefficient (Wildman–Crippen LogP) is 0.741. The smallest absolute Gasteiger partial charge is 0.237 e. The Bertz CT molecular complexity index is 438. The van der Waals surface area contributed by atoms with Gasteiger partial charge < -0.3 is 15.8 Å². The molecular formula is C16H25N3O2. The van der Waals surface area contributed by atoms with E-state index in [0.29, 0.717) is 13.0 Å². The molecule has 2 atom stereocenters. The number of methoxy groups -OCH3 is 1. The lowest BCUT2D eigenvalue weighted by atomic mass is 10.2. The van der Waals surface area contributed by atoms with Crippen molar-refractivity contribution in [2.75, 3.05) is 26.8 Å². The molecule has 0 radical (unpaired) electrons. The molecule has 3 N–H and O–H groups in total. The van der Waals surface area contributed by atoms with Crippen molar-refractivity contribution in [2.24, 2.45) is 5.73 Å². The summed E-state index contributed by atoms with van der Waals surface area (Å²) in [6, 6.07) is 10.1. The molecule has 0 saturated carbocycles. The Balaban J connectivity index is 1.73. The van der Waals surface area contributed by atoms with E-state index in [1.807, 2.05) is 6.07 Å². The third kappa shape index (κ3) is 5.12. The highest BCUT2D eigenvalue weighted by Gasteiger charge is 2.25. The summed E-state index contributed by atoms with van der Waals surface area (Å²) >= 11 is 0. The molecule has 2 unspecified atom stereocenters. The Morgan fingerprint density at radius 3 is 2.95 bits per heavy atom. The van der Waals surface area contributed by atoms with E-state index in [-0.39, 0.29) is 11.9 Å². The lowest BCUT2D eigenvalue weighted by Crippen LogP contribution is -2.46. The minimum Gasteiger partial charge on any atom is -0.385 e. The van der Waals surface area contributed by atoms with E-state index < -0.39 is 6.04 Å². The number of carbonyl (C=O) groups is 1. The zero-order valence-corrected chi connectivity index (χ0v) is 12.6. The zero-order valence-electron chi connectivity index (χ0n) is 12.6. The van der Waals surface area contributed by atoms with E-state index >= 15 is 0 Å². The van der Waals surface area contributed by atoms with Gasteiger partial charge in [0.2, 0.25) is 5.91 Å². The summed E-state index contributed by atoms with van der Waals surface area (Å²) in [6.07, 6.45) is 1.54. The summed E-state index contributed by atoms with van der Waals surface area (Å²) in [7, 11) is 1.61. The number of likely N-dealkylation sites (tertiary alicyclic amines) is 1. The summed E-state index contributed by atoms with van der Waals surface area (Å²) in [5.74, 6) is -0.0707. The van der Waals surface area contributed by atoms with Gasteiger partial charge in [0.1, 0.15) is 0 Å². The quantitative estimate of drug-likeness (QED) is 0.777. The molecule has 1 amide bonds. The second-order valence-electron chi connectivity index (χ2n) is 5.60. The average molecular weight is 291 g/mol. The minimum absolute atomic E-state index is 0.0707. The molecular weight excluding hydrogens is 266 g/mol. The second-order valence-corrected chi connectivity index (χ2v) is 5.60. The number of benzene rings is 1. The topological polar surface area (TPSA) is 67.6 Å². The van der Waals surface area contributed by atoms with E-state index in [1.54, 1.807) is 7.11 Å². The van der Waals surface area contributed by atoms with Crippen molar-refractivity contribution in [1.82, 2.24) is 10.2 Å². The Hall–Kier alpha value is -1.43. The number of nitrogens with one attached hydrogen (secondary N) is 1. The number of ether oxygens (including phenoxy) is 1. The standard InChI is InChI=1S/C16H25N3O2/c1-21-10-8-15(17)16(20)18-14-7-9-19(12-14)11-13-5-3-2-4-6-13/h2-6,14-15H,7-12,17H2,1H3,(H,18,20). The summed E-state index contributed by atoms with van der Waals surface area (Å²) in [5, 5.41) is 3.04. The van der Waals surface area contributed by atoms with Gasteiger partial charge in [-0.05, 0) is 18.4 Å². The number of nitrogens with zero attached hydrogens (tertiary/aromatic N) is 1. The highest BCUT2D eigenvalue weighted by Crippen LogP contribution is 2.13. The number of rotatable bonds is 7. The van der Waals surface area contributed by atoms with E-state index in [1.165, 1.54) is 5.56 Å². The number of carbonyl (C=O) groups excluding carboxylic acids is 1. The Morgan fingerprint density at radius 1 is 1.48 bits per heavy atom. The van der Waals surface area contributed by atoms with Crippen LogP contribution in [0.15, 0.2) is 30.3 Å². The maximum absolute atomic E-state index is 12.0. The molecule has 0 aliphatic carbocycles. The molecule has 1 fully saturated rings. The molecule has 2 rings (SSSR count). The molecule has 5 heteroatoms. The maximum atomic E-state index is 12.0. The van der Waals surface area contributed by atoms with E-state index in [4.69, 9.17) is 10.5 Å². The van der Waals surface area contributed by atoms with Gasteiger partial charge in [0.25, 0.3) is 0 Å². The SMILES string of the molecule is COCCC(N)C(=O)NC1CCN(Cc2ccccc2)C1. The van der Waals surface area contributed by atoms with Crippen molar-refractivity contribution in [3.63, 3.8) is 0 Å².